The molecule has 0 amide bonds. The molecule has 0 saturated heterocycles. The molecule has 0 aliphatic heterocycles. The van der Waals surface area contributed by atoms with Crippen LogP contribution in [0.2, 0.25) is 0 Å². The third-order valence-electron chi connectivity index (χ3n) is 5.74. The average Bonchev–Trinajstić information content (AvgIpc) is 2.99. The first-order valence-electron chi connectivity index (χ1n) is 14.4. The average molecular weight is 567 g/mol. The fraction of sp³-hybridized carbons (Fsp3) is 0.667. The lowest BCUT2D eigenvalue weighted by Gasteiger charge is -2.06. The second kappa shape index (κ2) is 24.8. The minimum Gasteiger partial charge on any atom is -0.379 e. The van der Waals surface area contributed by atoms with Crippen LogP contribution in [0.5, 0.6) is 0 Å². The molecular weight excluding hydrogens is 516 g/mol. The van der Waals surface area contributed by atoms with Gasteiger partial charge >= 0.3 is 0 Å². The first kappa shape index (κ1) is 34.2. The lowest BCUT2D eigenvalue weighted by Crippen LogP contribution is -2.35. The Kier molecular flexibility index (Phi) is 21.2. The van der Waals surface area contributed by atoms with Gasteiger partial charge in [0.15, 0.2) is 37.9 Å². The van der Waals surface area contributed by atoms with E-state index in [0.717, 1.165) is 26.3 Å². The third-order valence-corrected chi connectivity index (χ3v) is 5.74. The Balaban J connectivity index is 1.47. The molecule has 2 rings (SSSR count). The maximum Gasteiger partial charge on any atom is 0.171 e. The fourth-order valence-electron chi connectivity index (χ4n) is 3.55. The van der Waals surface area contributed by atoms with Gasteiger partial charge in [0.2, 0.25) is 0 Å². The Labute approximate surface area is 240 Å². The maximum absolute atomic E-state index is 5.67. The molecule has 0 bridgehead atoms. The van der Waals surface area contributed by atoms with Crippen LogP contribution in [0.4, 0.5) is 0 Å². The summed E-state index contributed by atoms with van der Waals surface area (Å²) in [6.45, 7) is 15.3. The Hall–Kier alpha value is -2.02. The Morgan fingerprint density at radius 3 is 0.900 bits per heavy atom. The van der Waals surface area contributed by atoms with Gasteiger partial charge in [-0.05, 0) is 25.0 Å². The number of nitrogens with zero attached hydrogens (tertiary/aromatic N) is 2. The predicted octanol–water partition coefficient (Wildman–Crippen LogP) is 2.10. The molecule has 0 atom stereocenters. The Morgan fingerprint density at radius 1 is 0.375 bits per heavy atom. The fourth-order valence-corrected chi connectivity index (χ4v) is 3.55. The summed E-state index contributed by atoms with van der Waals surface area (Å²) in [4.78, 5) is 0. The minimum atomic E-state index is 0.568. The highest BCUT2D eigenvalue weighted by Crippen LogP contribution is 2.15. The Morgan fingerprint density at radius 2 is 0.625 bits per heavy atom. The summed E-state index contributed by atoms with van der Waals surface area (Å²) in [6, 6.07) is 8.51. The zero-order valence-corrected chi connectivity index (χ0v) is 24.5. The molecule has 226 valence electrons. The van der Waals surface area contributed by atoms with E-state index in [1.54, 1.807) is 0 Å². The van der Waals surface area contributed by atoms with Gasteiger partial charge in [0.1, 0.15) is 13.2 Å². The lowest BCUT2D eigenvalue weighted by atomic mass is 10.1. The van der Waals surface area contributed by atoms with Crippen LogP contribution < -0.4 is 9.13 Å². The maximum atomic E-state index is 5.67. The van der Waals surface area contributed by atoms with E-state index in [1.165, 1.54) is 11.1 Å². The van der Waals surface area contributed by atoms with Crippen molar-refractivity contribution >= 4 is 0 Å². The Bertz CT molecular complexity index is 754. The molecule has 0 fully saturated rings. The van der Waals surface area contributed by atoms with Gasteiger partial charge in [0.05, 0.1) is 79.3 Å². The van der Waals surface area contributed by atoms with E-state index in [4.69, 9.17) is 37.9 Å². The van der Waals surface area contributed by atoms with Crippen LogP contribution in [0.25, 0.3) is 11.1 Å². The topological polar surface area (TPSA) is 81.6 Å². The summed E-state index contributed by atoms with van der Waals surface area (Å²) in [5.74, 6) is 0. The third kappa shape index (κ3) is 17.6. The number of ether oxygens (including phenoxy) is 8. The SMILES string of the molecule is CCOCCOCCOCCOCC[n+]1ccc(-c2cc[n+](CCOCCOCCOCCOCC)cc2)cc1. The minimum absolute atomic E-state index is 0.568. The zero-order valence-electron chi connectivity index (χ0n) is 24.5. The van der Waals surface area contributed by atoms with Crippen molar-refractivity contribution in [3.05, 3.63) is 49.1 Å². The molecule has 0 radical (unpaired) electrons. The van der Waals surface area contributed by atoms with E-state index in [1.807, 2.05) is 13.8 Å². The summed E-state index contributed by atoms with van der Waals surface area (Å²) in [6.07, 6.45) is 8.33. The van der Waals surface area contributed by atoms with Crippen molar-refractivity contribution in [2.75, 3.05) is 106 Å². The van der Waals surface area contributed by atoms with Crippen LogP contribution in [-0.2, 0) is 51.0 Å². The second-order valence-electron chi connectivity index (χ2n) is 8.72. The number of hydrogen-bond donors (Lipinski definition) is 0. The van der Waals surface area contributed by atoms with E-state index in [-0.39, 0.29) is 0 Å². The van der Waals surface area contributed by atoms with Crippen molar-refractivity contribution in [2.24, 2.45) is 0 Å². The van der Waals surface area contributed by atoms with Crippen molar-refractivity contribution in [3.63, 3.8) is 0 Å². The number of hydrogen-bond acceptors (Lipinski definition) is 8. The van der Waals surface area contributed by atoms with E-state index in [2.05, 4.69) is 58.2 Å². The molecule has 0 spiro atoms. The summed E-state index contributed by atoms with van der Waals surface area (Å²) in [5, 5.41) is 0. The van der Waals surface area contributed by atoms with E-state index >= 15 is 0 Å². The van der Waals surface area contributed by atoms with Crippen LogP contribution in [0.3, 0.4) is 0 Å². The first-order valence-corrected chi connectivity index (χ1v) is 14.4. The molecule has 0 aliphatic rings. The molecule has 40 heavy (non-hydrogen) atoms. The molecule has 0 aliphatic carbocycles. The summed E-state index contributed by atoms with van der Waals surface area (Å²) >= 11 is 0. The molecule has 10 heteroatoms. The van der Waals surface area contributed by atoms with Crippen molar-refractivity contribution in [1.82, 2.24) is 0 Å². The molecule has 10 nitrogen and oxygen atoms in total. The quantitative estimate of drug-likeness (QED) is 0.120. The highest BCUT2D eigenvalue weighted by atomic mass is 16.6. The van der Waals surface area contributed by atoms with Crippen LogP contribution in [0, 0.1) is 0 Å². The highest BCUT2D eigenvalue weighted by molar-refractivity contribution is 5.60. The van der Waals surface area contributed by atoms with Crippen LogP contribution in [0.1, 0.15) is 13.8 Å². The molecule has 0 aromatic carbocycles. The van der Waals surface area contributed by atoms with E-state index in [0.29, 0.717) is 92.5 Å². The van der Waals surface area contributed by atoms with Crippen LogP contribution >= 0.6 is 0 Å². The van der Waals surface area contributed by atoms with E-state index in [9.17, 15) is 0 Å². The van der Waals surface area contributed by atoms with Gasteiger partial charge in [0.25, 0.3) is 0 Å². The van der Waals surface area contributed by atoms with Gasteiger partial charge in [-0.1, -0.05) is 0 Å². The summed E-state index contributed by atoms with van der Waals surface area (Å²) in [7, 11) is 0. The standard InChI is InChI=1S/C30H50N2O8/c1-3-33-17-19-37-25-27-39-23-21-35-15-13-31-9-5-29(6-10-31)30-7-11-32(12-8-30)14-16-36-22-24-40-28-26-38-20-18-34-4-2/h5-12H,3-4,13-28H2,1-2H3/q+2. The predicted molar refractivity (Wildman–Crippen MR) is 150 cm³/mol. The molecule has 0 N–H and O–H groups in total. The normalized spacial score (nSPS) is 11.3. The lowest BCUT2D eigenvalue weighted by molar-refractivity contribution is -0.698. The summed E-state index contributed by atoms with van der Waals surface area (Å²) < 4.78 is 47.8. The zero-order chi connectivity index (χ0) is 28.4. The van der Waals surface area contributed by atoms with E-state index < -0.39 is 0 Å². The van der Waals surface area contributed by atoms with Gasteiger partial charge in [-0.25, -0.2) is 9.13 Å². The van der Waals surface area contributed by atoms with Gasteiger partial charge < -0.3 is 37.9 Å². The second-order valence-corrected chi connectivity index (χ2v) is 8.72. The van der Waals surface area contributed by atoms with Crippen LogP contribution in [-0.4, -0.2) is 106 Å². The highest BCUT2D eigenvalue weighted by Gasteiger charge is 2.06. The van der Waals surface area contributed by atoms with Crippen molar-refractivity contribution in [1.29, 1.82) is 0 Å². The smallest absolute Gasteiger partial charge is 0.171 e. The first-order chi connectivity index (χ1) is 19.8. The van der Waals surface area contributed by atoms with Crippen molar-refractivity contribution < 1.29 is 47.0 Å². The van der Waals surface area contributed by atoms with Crippen LogP contribution in [0.15, 0.2) is 49.1 Å². The number of aromatic nitrogens is 2. The van der Waals surface area contributed by atoms with Gasteiger partial charge in [-0.3, -0.25) is 0 Å². The molecule has 2 aromatic rings. The largest absolute Gasteiger partial charge is 0.379 e. The molecule has 2 aromatic heterocycles. The molecule has 0 saturated carbocycles. The van der Waals surface area contributed by atoms with Gasteiger partial charge in [-0.15, -0.1) is 0 Å². The number of rotatable bonds is 27. The van der Waals surface area contributed by atoms with Crippen molar-refractivity contribution in [2.45, 2.75) is 26.9 Å². The molecular formula is C30H50N2O8+2. The monoisotopic (exact) mass is 566 g/mol. The van der Waals surface area contributed by atoms with Gasteiger partial charge in [-0.2, -0.15) is 0 Å². The van der Waals surface area contributed by atoms with Gasteiger partial charge in [0, 0.05) is 37.5 Å². The molecule has 2 heterocycles. The summed E-state index contributed by atoms with van der Waals surface area (Å²) in [5.41, 5.74) is 2.35. The number of pyridine rings is 2. The molecule has 0 unspecified atom stereocenters. The van der Waals surface area contributed by atoms with Crippen molar-refractivity contribution in [3.8, 4) is 11.1 Å².